The molecule has 0 N–H and O–H groups in total. The zero-order valence-electron chi connectivity index (χ0n) is 4.99. The molecule has 0 aromatic rings. The minimum atomic E-state index is -1.44. The second-order valence-corrected chi connectivity index (χ2v) is 0.260. The summed E-state index contributed by atoms with van der Waals surface area (Å²) in [6.45, 7) is 0. The molecule has 0 heterocycles. The first kappa shape index (κ1) is 15.8. The van der Waals surface area contributed by atoms with E-state index in [1.165, 1.54) is 0 Å². The molecule has 0 aromatic heterocycles. The molecular weight excluding hydrogens is 142 g/mol. The van der Waals surface area contributed by atoms with Crippen LogP contribution in [0.5, 0.6) is 0 Å². The van der Waals surface area contributed by atoms with Gasteiger partial charge in [0.1, 0.15) is 0 Å². The maximum atomic E-state index is 9.25. The first-order valence-corrected chi connectivity index (χ1v) is 1.54. The van der Waals surface area contributed by atoms with Crippen LogP contribution in [0.1, 0.15) is 2.85 Å². The summed E-state index contributed by atoms with van der Waals surface area (Å²) in [5.74, 6) is 0. The quantitative estimate of drug-likeness (QED) is 0.365. The van der Waals surface area contributed by atoms with Gasteiger partial charge in [-0.05, 0) is 0 Å². The Kier molecular flexibility index (Phi) is 108. The summed E-state index contributed by atoms with van der Waals surface area (Å²) in [4.78, 5) is 0. The Balaban J connectivity index is -0.00000000567. The molecule has 0 unspecified atom stereocenters. The summed E-state index contributed by atoms with van der Waals surface area (Å²) in [5.41, 5.74) is 0. The summed E-state index contributed by atoms with van der Waals surface area (Å²) in [5, 5.41) is 0. The van der Waals surface area contributed by atoms with Crippen molar-refractivity contribution in [3.63, 3.8) is 0 Å². The van der Waals surface area contributed by atoms with E-state index in [-0.39, 0.29) is 25.9 Å². The standard InChI is InChI=1S/CH2F.Mg.Mn.2O.2H/c1-2;;;;;;/h1H2;;;;;;/q-1;+2;;;;2*-1. The molecule has 0 radical (unpaired) electrons. The Morgan fingerprint density at radius 3 is 1.50 bits per heavy atom. The van der Waals surface area contributed by atoms with Gasteiger partial charge in [-0.2, -0.15) is 7.18 Å². The average Bonchev–Trinajstić information content (AvgIpc) is 1.46. The Labute approximate surface area is 60.2 Å². The van der Waals surface area contributed by atoms with Gasteiger partial charge in [-0.3, -0.25) is 0 Å². The zero-order valence-corrected chi connectivity index (χ0v) is 5.58. The summed E-state index contributed by atoms with van der Waals surface area (Å²) in [7, 11) is 1.75. The third-order valence-electron chi connectivity index (χ3n) is 0. The van der Waals surface area contributed by atoms with E-state index in [2.05, 4.69) is 0 Å². The number of hydrogen-bond donors (Lipinski definition) is 0. The van der Waals surface area contributed by atoms with Crippen LogP contribution >= 0.6 is 0 Å². The summed E-state index contributed by atoms with van der Waals surface area (Å²) in [6, 6.07) is 0. The number of rotatable bonds is 0. The average molecular weight is 146 g/mol. The molecule has 0 aromatic carbocycles. The second kappa shape index (κ2) is 40.9. The molecule has 37 valence electrons. The van der Waals surface area contributed by atoms with Gasteiger partial charge in [0.2, 0.25) is 0 Å². The third-order valence-corrected chi connectivity index (χ3v) is 0. The SMILES string of the molecule is [CH2-]F.[H-].[H-].[Mg+2].[O]=[Mn]=[O]. The molecule has 0 aliphatic rings. The van der Waals surface area contributed by atoms with Gasteiger partial charge >= 0.3 is 45.5 Å². The predicted molar refractivity (Wildman–Crippen MR) is 15.8 cm³/mol. The molecule has 0 atom stereocenters. The van der Waals surface area contributed by atoms with Crippen molar-refractivity contribution in [1.29, 1.82) is 0 Å². The molecule has 0 aliphatic carbocycles. The van der Waals surface area contributed by atoms with Crippen LogP contribution in [0.3, 0.4) is 0 Å². The van der Waals surface area contributed by atoms with E-state index in [4.69, 9.17) is 7.67 Å². The van der Waals surface area contributed by atoms with Gasteiger partial charge in [-0.15, -0.1) is 0 Å². The van der Waals surface area contributed by atoms with Gasteiger partial charge < -0.3 is 7.24 Å². The fourth-order valence-corrected chi connectivity index (χ4v) is 0. The van der Waals surface area contributed by atoms with Crippen molar-refractivity contribution in [1.82, 2.24) is 0 Å². The molecule has 0 rings (SSSR count). The fourth-order valence-electron chi connectivity index (χ4n) is 0. The van der Waals surface area contributed by atoms with E-state index in [1.54, 1.807) is 7.18 Å². The van der Waals surface area contributed by atoms with Gasteiger partial charge in [-0.25, -0.2) is 0 Å². The number of halogens is 1. The van der Waals surface area contributed by atoms with Crippen LogP contribution in [-0.4, -0.2) is 23.1 Å². The van der Waals surface area contributed by atoms with Crippen LogP contribution in [-0.2, 0) is 22.5 Å². The van der Waals surface area contributed by atoms with Gasteiger partial charge in [0, 0.05) is 0 Å². The topological polar surface area (TPSA) is 34.1 Å². The molecule has 0 bridgehead atoms. The van der Waals surface area contributed by atoms with Crippen molar-refractivity contribution in [2.75, 3.05) is 0 Å². The Hall–Kier alpha value is 0.816. The van der Waals surface area contributed by atoms with Crippen molar-refractivity contribution >= 4 is 23.1 Å². The molecule has 0 saturated heterocycles. The molecule has 0 aliphatic heterocycles. The van der Waals surface area contributed by atoms with E-state index >= 15 is 0 Å². The van der Waals surface area contributed by atoms with E-state index in [0.29, 0.717) is 0 Å². The van der Waals surface area contributed by atoms with E-state index in [0.717, 1.165) is 0 Å². The molecule has 0 amide bonds. The molecule has 6 heavy (non-hydrogen) atoms. The fraction of sp³-hybridized carbons (Fsp3) is 0. The molecular formula is CH4FMgMnO2-. The third kappa shape index (κ3) is 105. The van der Waals surface area contributed by atoms with Crippen LogP contribution in [0.4, 0.5) is 4.39 Å². The first-order valence-electron chi connectivity index (χ1n) is 0.576. The van der Waals surface area contributed by atoms with Crippen molar-refractivity contribution in [3.05, 3.63) is 7.18 Å². The van der Waals surface area contributed by atoms with Crippen LogP contribution in [0.25, 0.3) is 0 Å². The maximum absolute atomic E-state index is 9.25. The van der Waals surface area contributed by atoms with Crippen LogP contribution in [0, 0.1) is 7.18 Å². The zero-order chi connectivity index (χ0) is 4.71. The van der Waals surface area contributed by atoms with Gasteiger partial charge in [-0.1, -0.05) is 0 Å². The predicted octanol–water partition coefficient (Wildman–Crippen LogP) is 0.352. The van der Waals surface area contributed by atoms with E-state index in [9.17, 15) is 4.39 Å². The first-order chi connectivity index (χ1) is 2.41. The molecule has 2 nitrogen and oxygen atoms in total. The Morgan fingerprint density at radius 1 is 1.50 bits per heavy atom. The molecule has 0 fully saturated rings. The second-order valence-electron chi connectivity index (χ2n) is 0.0630. The van der Waals surface area contributed by atoms with Gasteiger partial charge in [0.15, 0.2) is 0 Å². The van der Waals surface area contributed by atoms with Crippen LogP contribution in [0.2, 0.25) is 0 Å². The monoisotopic (exact) mass is 146 g/mol. The Morgan fingerprint density at radius 2 is 1.50 bits per heavy atom. The normalized spacial score (nSPS) is 3.00. The summed E-state index contributed by atoms with van der Waals surface area (Å²) in [6.07, 6.45) is 0. The van der Waals surface area contributed by atoms with Crippen molar-refractivity contribution in [2.24, 2.45) is 0 Å². The Bertz CT molecular complexity index is 41.0. The van der Waals surface area contributed by atoms with Crippen molar-refractivity contribution in [3.8, 4) is 0 Å². The number of hydrogen-bond acceptors (Lipinski definition) is 2. The van der Waals surface area contributed by atoms with Crippen LogP contribution < -0.4 is 0 Å². The minimum absolute atomic E-state index is 0. The van der Waals surface area contributed by atoms with Crippen molar-refractivity contribution < 1.29 is 29.7 Å². The molecule has 0 spiro atoms. The molecule has 5 heteroatoms. The summed E-state index contributed by atoms with van der Waals surface area (Å²) >= 11 is -1.44. The van der Waals surface area contributed by atoms with Crippen LogP contribution in [0.15, 0.2) is 0 Å². The summed E-state index contributed by atoms with van der Waals surface area (Å²) < 4.78 is 26.1. The van der Waals surface area contributed by atoms with E-state index in [1.807, 2.05) is 0 Å². The molecule has 0 saturated carbocycles. The van der Waals surface area contributed by atoms with Gasteiger partial charge in [0.05, 0.1) is 0 Å². The van der Waals surface area contributed by atoms with Gasteiger partial charge in [0.25, 0.3) is 0 Å². The van der Waals surface area contributed by atoms with E-state index < -0.39 is 14.8 Å². The van der Waals surface area contributed by atoms with Crippen molar-refractivity contribution in [2.45, 2.75) is 0 Å².